The number of benzene rings is 1. The van der Waals surface area contributed by atoms with E-state index in [1.165, 1.54) is 12.1 Å². The van der Waals surface area contributed by atoms with Crippen molar-refractivity contribution in [1.82, 2.24) is 0 Å². The maximum absolute atomic E-state index is 12.9. The molecule has 0 heterocycles. The second-order valence-corrected chi connectivity index (χ2v) is 3.75. The molecule has 0 aliphatic carbocycles. The van der Waals surface area contributed by atoms with E-state index >= 15 is 0 Å². The van der Waals surface area contributed by atoms with E-state index in [1.54, 1.807) is 6.07 Å². The predicted molar refractivity (Wildman–Crippen MR) is 56.7 cm³/mol. The molecule has 1 rings (SSSR count). The molecule has 5 heteroatoms. The van der Waals surface area contributed by atoms with Gasteiger partial charge in [0.25, 0.3) is 0 Å². The highest BCUT2D eigenvalue weighted by atomic mass is 79.9. The largest absolute Gasteiger partial charge is 0.491 e. The van der Waals surface area contributed by atoms with Crippen LogP contribution in [-0.4, -0.2) is 23.1 Å². The Morgan fingerprint density at radius 2 is 2.29 bits per heavy atom. The molecular formula is C9H9BrClFO2. The van der Waals surface area contributed by atoms with E-state index in [0.29, 0.717) is 11.1 Å². The van der Waals surface area contributed by atoms with Gasteiger partial charge >= 0.3 is 0 Å². The molecule has 0 saturated carbocycles. The molecule has 0 aliphatic rings. The zero-order chi connectivity index (χ0) is 10.6. The highest BCUT2D eigenvalue weighted by molar-refractivity contribution is 9.09. The summed E-state index contributed by atoms with van der Waals surface area (Å²) in [6.45, 7) is 0.117. The zero-order valence-electron chi connectivity index (χ0n) is 7.21. The van der Waals surface area contributed by atoms with Gasteiger partial charge in [-0.3, -0.25) is 0 Å². The van der Waals surface area contributed by atoms with Crippen LogP contribution in [-0.2, 0) is 0 Å². The van der Waals surface area contributed by atoms with Gasteiger partial charge in [-0.1, -0.05) is 27.5 Å². The van der Waals surface area contributed by atoms with Crippen LogP contribution in [0.15, 0.2) is 18.2 Å². The van der Waals surface area contributed by atoms with Crippen molar-refractivity contribution in [2.75, 3.05) is 11.9 Å². The SMILES string of the molecule is OC(CBr)COc1ccc(Cl)c(F)c1. The number of aliphatic hydroxyl groups excluding tert-OH is 1. The maximum Gasteiger partial charge on any atom is 0.145 e. The van der Waals surface area contributed by atoms with E-state index in [2.05, 4.69) is 15.9 Å². The van der Waals surface area contributed by atoms with E-state index in [-0.39, 0.29) is 11.6 Å². The summed E-state index contributed by atoms with van der Waals surface area (Å²) in [5.41, 5.74) is 0. The molecule has 1 N–H and O–H groups in total. The summed E-state index contributed by atoms with van der Waals surface area (Å²) in [5.74, 6) is -0.176. The topological polar surface area (TPSA) is 29.5 Å². The van der Waals surface area contributed by atoms with Crippen molar-refractivity contribution in [1.29, 1.82) is 0 Å². The molecule has 0 spiro atoms. The summed E-state index contributed by atoms with van der Waals surface area (Å²) in [7, 11) is 0. The van der Waals surface area contributed by atoms with E-state index < -0.39 is 11.9 Å². The number of hydrogen-bond donors (Lipinski definition) is 1. The molecule has 1 unspecified atom stereocenters. The lowest BCUT2D eigenvalue weighted by atomic mass is 10.3. The molecule has 78 valence electrons. The Morgan fingerprint density at radius 1 is 1.57 bits per heavy atom. The van der Waals surface area contributed by atoms with Crippen molar-refractivity contribution < 1.29 is 14.2 Å². The fraction of sp³-hybridized carbons (Fsp3) is 0.333. The zero-order valence-corrected chi connectivity index (χ0v) is 9.55. The average molecular weight is 284 g/mol. The van der Waals surface area contributed by atoms with Gasteiger partial charge in [0.1, 0.15) is 18.2 Å². The van der Waals surface area contributed by atoms with Crippen molar-refractivity contribution in [2.45, 2.75) is 6.10 Å². The van der Waals surface area contributed by atoms with E-state index in [0.717, 1.165) is 0 Å². The molecule has 1 aromatic carbocycles. The molecule has 0 fully saturated rings. The van der Waals surface area contributed by atoms with Crippen molar-refractivity contribution in [3.05, 3.63) is 29.0 Å². The third-order valence-corrected chi connectivity index (χ3v) is 2.57. The highest BCUT2D eigenvalue weighted by Crippen LogP contribution is 2.20. The summed E-state index contributed by atoms with van der Waals surface area (Å²) in [5, 5.41) is 9.63. The molecular weight excluding hydrogens is 274 g/mol. The Balaban J connectivity index is 2.55. The van der Waals surface area contributed by atoms with Crippen LogP contribution in [0.2, 0.25) is 5.02 Å². The number of aliphatic hydroxyl groups is 1. The minimum absolute atomic E-state index is 0.0541. The molecule has 1 aromatic rings. The smallest absolute Gasteiger partial charge is 0.145 e. The van der Waals surface area contributed by atoms with Crippen molar-refractivity contribution in [3.63, 3.8) is 0 Å². The second kappa shape index (κ2) is 5.53. The first kappa shape index (κ1) is 11.8. The van der Waals surface area contributed by atoms with Crippen molar-refractivity contribution >= 4 is 27.5 Å². The number of alkyl halides is 1. The number of ether oxygens (including phenoxy) is 1. The quantitative estimate of drug-likeness (QED) is 0.861. The van der Waals surface area contributed by atoms with Gasteiger partial charge in [-0.15, -0.1) is 0 Å². The van der Waals surface area contributed by atoms with Crippen molar-refractivity contribution in [3.8, 4) is 5.75 Å². The van der Waals surface area contributed by atoms with E-state index in [9.17, 15) is 4.39 Å². The summed E-state index contributed by atoms with van der Waals surface area (Å²) in [6.07, 6.45) is -0.603. The van der Waals surface area contributed by atoms with Gasteiger partial charge in [0.2, 0.25) is 0 Å². The monoisotopic (exact) mass is 282 g/mol. The lowest BCUT2D eigenvalue weighted by molar-refractivity contribution is 0.127. The summed E-state index contributed by atoms with van der Waals surface area (Å²) < 4.78 is 18.0. The van der Waals surface area contributed by atoms with Gasteiger partial charge in [0, 0.05) is 11.4 Å². The molecule has 0 aromatic heterocycles. The lowest BCUT2D eigenvalue weighted by Crippen LogP contribution is -2.18. The van der Waals surface area contributed by atoms with Crippen LogP contribution in [0.5, 0.6) is 5.75 Å². The van der Waals surface area contributed by atoms with Gasteiger partial charge in [0.15, 0.2) is 0 Å². The van der Waals surface area contributed by atoms with Crippen LogP contribution in [0, 0.1) is 5.82 Å². The molecule has 2 nitrogen and oxygen atoms in total. The Kier molecular flexibility index (Phi) is 4.65. The van der Waals surface area contributed by atoms with Crippen LogP contribution in [0.25, 0.3) is 0 Å². The van der Waals surface area contributed by atoms with Gasteiger partial charge < -0.3 is 9.84 Å². The minimum atomic E-state index is -0.603. The van der Waals surface area contributed by atoms with Gasteiger partial charge in [0.05, 0.1) is 11.1 Å². The highest BCUT2D eigenvalue weighted by Gasteiger charge is 2.05. The Morgan fingerprint density at radius 3 is 2.86 bits per heavy atom. The molecule has 0 aliphatic heterocycles. The van der Waals surface area contributed by atoms with Crippen LogP contribution in [0.1, 0.15) is 0 Å². The van der Waals surface area contributed by atoms with Crippen molar-refractivity contribution in [2.24, 2.45) is 0 Å². The third kappa shape index (κ3) is 3.44. The lowest BCUT2D eigenvalue weighted by Gasteiger charge is -2.09. The average Bonchev–Trinajstić information content (AvgIpc) is 2.19. The Hall–Kier alpha value is -0.320. The molecule has 0 saturated heterocycles. The second-order valence-electron chi connectivity index (χ2n) is 2.70. The molecule has 1 atom stereocenters. The fourth-order valence-electron chi connectivity index (χ4n) is 0.804. The van der Waals surface area contributed by atoms with Crippen LogP contribution in [0.3, 0.4) is 0 Å². The summed E-state index contributed by atoms with van der Waals surface area (Å²) >= 11 is 8.57. The Bertz CT molecular complexity index is 309. The first-order valence-corrected chi connectivity index (χ1v) is 5.45. The van der Waals surface area contributed by atoms with Gasteiger partial charge in [-0.25, -0.2) is 4.39 Å². The van der Waals surface area contributed by atoms with Crippen LogP contribution < -0.4 is 4.74 Å². The van der Waals surface area contributed by atoms with E-state index in [4.69, 9.17) is 21.4 Å². The van der Waals surface area contributed by atoms with E-state index in [1.807, 2.05) is 0 Å². The molecule has 0 bridgehead atoms. The summed E-state index contributed by atoms with van der Waals surface area (Å²) in [4.78, 5) is 0. The molecule has 0 amide bonds. The first-order chi connectivity index (χ1) is 6.63. The fourth-order valence-corrected chi connectivity index (χ4v) is 1.11. The van der Waals surface area contributed by atoms with Crippen LogP contribution >= 0.6 is 27.5 Å². The Labute approximate surface area is 94.8 Å². The van der Waals surface area contributed by atoms with Crippen LogP contribution in [0.4, 0.5) is 4.39 Å². The molecule has 0 radical (unpaired) electrons. The minimum Gasteiger partial charge on any atom is -0.491 e. The number of hydrogen-bond acceptors (Lipinski definition) is 2. The molecule has 14 heavy (non-hydrogen) atoms. The third-order valence-electron chi connectivity index (χ3n) is 1.51. The van der Waals surface area contributed by atoms with Gasteiger partial charge in [-0.05, 0) is 12.1 Å². The normalized spacial score (nSPS) is 12.6. The number of rotatable bonds is 4. The standard InChI is InChI=1S/C9H9BrClFO2/c10-4-6(13)5-14-7-1-2-8(11)9(12)3-7/h1-3,6,13H,4-5H2. The first-order valence-electron chi connectivity index (χ1n) is 3.95. The number of halogens is 3. The maximum atomic E-state index is 12.9. The van der Waals surface area contributed by atoms with Gasteiger partial charge in [-0.2, -0.15) is 0 Å². The summed E-state index contributed by atoms with van der Waals surface area (Å²) in [6, 6.07) is 4.14. The predicted octanol–water partition coefficient (Wildman–Crippen LogP) is 2.61.